The van der Waals surface area contributed by atoms with Crippen molar-refractivity contribution in [2.24, 2.45) is 5.16 Å². The van der Waals surface area contributed by atoms with Crippen LogP contribution in [0, 0.1) is 0 Å². The highest BCUT2D eigenvalue weighted by Crippen LogP contribution is 2.00. The van der Waals surface area contributed by atoms with Gasteiger partial charge in [0.1, 0.15) is 6.10 Å². The van der Waals surface area contributed by atoms with E-state index in [0.717, 1.165) is 11.8 Å². The van der Waals surface area contributed by atoms with Crippen LogP contribution in [-0.4, -0.2) is 23.6 Å². The third-order valence-electron chi connectivity index (χ3n) is 2.17. The van der Waals surface area contributed by atoms with Gasteiger partial charge in [0.05, 0.1) is 6.21 Å². The summed E-state index contributed by atoms with van der Waals surface area (Å²) in [6, 6.07) is 9.48. The Morgan fingerprint density at radius 1 is 1.50 bits per heavy atom. The fourth-order valence-electron chi connectivity index (χ4n) is 1.33. The highest BCUT2D eigenvalue weighted by molar-refractivity contribution is 5.72. The molecule has 2 N–H and O–H groups in total. The number of oxime groups is 1. The van der Waals surface area contributed by atoms with E-state index in [2.05, 4.69) is 17.1 Å². The highest BCUT2D eigenvalue weighted by atomic mass is 16.6. The first-order chi connectivity index (χ1) is 8.76. The first-order valence-electron chi connectivity index (χ1n) is 5.53. The maximum atomic E-state index is 11.5. The van der Waals surface area contributed by atoms with E-state index in [1.165, 1.54) is 0 Å². The molecule has 1 unspecified atom stereocenters. The second-order valence-corrected chi connectivity index (χ2v) is 3.57. The quantitative estimate of drug-likeness (QED) is 0.351. The van der Waals surface area contributed by atoms with Gasteiger partial charge in [-0.15, -0.1) is 6.58 Å². The minimum Gasteiger partial charge on any atom is -0.440 e. The Morgan fingerprint density at radius 3 is 2.83 bits per heavy atom. The first kappa shape index (κ1) is 13.8. The minimum absolute atomic E-state index is 0.386. The van der Waals surface area contributed by atoms with Crippen molar-refractivity contribution in [3.8, 4) is 0 Å². The number of ether oxygens (including phenoxy) is 1. The molecule has 0 saturated carbocycles. The number of carbonyl (C=O) groups is 1. The smallest absolute Gasteiger partial charge is 0.408 e. The Labute approximate surface area is 106 Å². The second-order valence-electron chi connectivity index (χ2n) is 3.57. The molecule has 0 radical (unpaired) electrons. The SMILES string of the molecule is C=CCC(/C=N/O)OC(=O)NCc1ccccc1. The van der Waals surface area contributed by atoms with Crippen molar-refractivity contribution in [2.75, 3.05) is 0 Å². The largest absolute Gasteiger partial charge is 0.440 e. The van der Waals surface area contributed by atoms with Gasteiger partial charge in [-0.3, -0.25) is 0 Å². The molecule has 96 valence electrons. The van der Waals surface area contributed by atoms with Gasteiger partial charge in [-0.25, -0.2) is 4.79 Å². The Morgan fingerprint density at radius 2 is 2.22 bits per heavy atom. The molecule has 0 aromatic heterocycles. The van der Waals surface area contributed by atoms with E-state index in [-0.39, 0.29) is 0 Å². The fraction of sp³-hybridized carbons (Fsp3) is 0.231. The van der Waals surface area contributed by atoms with Crippen LogP contribution in [0.3, 0.4) is 0 Å². The van der Waals surface area contributed by atoms with Crippen molar-refractivity contribution in [1.82, 2.24) is 5.32 Å². The average Bonchev–Trinajstić information content (AvgIpc) is 2.38. The summed E-state index contributed by atoms with van der Waals surface area (Å²) in [7, 11) is 0. The average molecular weight is 248 g/mol. The van der Waals surface area contributed by atoms with Gasteiger partial charge in [0.2, 0.25) is 0 Å². The maximum absolute atomic E-state index is 11.5. The number of alkyl carbamates (subject to hydrolysis) is 1. The lowest BCUT2D eigenvalue weighted by Crippen LogP contribution is -2.29. The van der Waals surface area contributed by atoms with Gasteiger partial charge in [0, 0.05) is 13.0 Å². The summed E-state index contributed by atoms with van der Waals surface area (Å²) in [6.45, 7) is 3.91. The van der Waals surface area contributed by atoms with Gasteiger partial charge in [0.25, 0.3) is 0 Å². The molecule has 5 nitrogen and oxygen atoms in total. The predicted molar refractivity (Wildman–Crippen MR) is 68.6 cm³/mol. The normalized spacial score (nSPS) is 12.0. The van der Waals surface area contributed by atoms with Crippen LogP contribution >= 0.6 is 0 Å². The molecule has 0 saturated heterocycles. The van der Waals surface area contributed by atoms with Crippen molar-refractivity contribution in [3.05, 3.63) is 48.6 Å². The molecule has 0 aliphatic heterocycles. The fourth-order valence-corrected chi connectivity index (χ4v) is 1.33. The summed E-state index contributed by atoms with van der Waals surface area (Å²) in [5.41, 5.74) is 0.977. The molecule has 1 aromatic rings. The highest BCUT2D eigenvalue weighted by Gasteiger charge is 2.10. The van der Waals surface area contributed by atoms with Crippen LogP contribution < -0.4 is 5.32 Å². The van der Waals surface area contributed by atoms with E-state index >= 15 is 0 Å². The zero-order valence-corrected chi connectivity index (χ0v) is 9.95. The van der Waals surface area contributed by atoms with Gasteiger partial charge >= 0.3 is 6.09 Å². The Hall–Kier alpha value is -2.30. The molecule has 0 bridgehead atoms. The summed E-state index contributed by atoms with van der Waals surface area (Å²) in [5.74, 6) is 0. The third-order valence-corrected chi connectivity index (χ3v) is 2.17. The Bertz CT molecular complexity index is 404. The third kappa shape index (κ3) is 5.16. The van der Waals surface area contributed by atoms with Crippen LogP contribution in [-0.2, 0) is 11.3 Å². The van der Waals surface area contributed by atoms with E-state index in [4.69, 9.17) is 9.94 Å². The van der Waals surface area contributed by atoms with Crippen LogP contribution in [0.4, 0.5) is 4.79 Å². The number of carbonyl (C=O) groups excluding carboxylic acids is 1. The summed E-state index contributed by atoms with van der Waals surface area (Å²) < 4.78 is 5.02. The Kier molecular flexibility index (Phi) is 6.03. The maximum Gasteiger partial charge on any atom is 0.408 e. The number of rotatable bonds is 6. The number of nitrogens with zero attached hydrogens (tertiary/aromatic N) is 1. The lowest BCUT2D eigenvalue weighted by atomic mass is 10.2. The molecule has 1 rings (SSSR count). The molecule has 1 atom stereocenters. The van der Waals surface area contributed by atoms with E-state index in [1.54, 1.807) is 6.08 Å². The molecular formula is C13H16N2O3. The van der Waals surface area contributed by atoms with Gasteiger partial charge in [-0.2, -0.15) is 0 Å². The van der Waals surface area contributed by atoms with Gasteiger partial charge in [-0.05, 0) is 5.56 Å². The summed E-state index contributed by atoms with van der Waals surface area (Å²) >= 11 is 0. The molecule has 0 aliphatic rings. The topological polar surface area (TPSA) is 70.9 Å². The molecule has 0 heterocycles. The van der Waals surface area contributed by atoms with Gasteiger partial charge in [-0.1, -0.05) is 41.6 Å². The van der Waals surface area contributed by atoms with E-state index in [0.29, 0.717) is 13.0 Å². The van der Waals surface area contributed by atoms with Gasteiger partial charge in [0.15, 0.2) is 0 Å². The number of hydrogen-bond acceptors (Lipinski definition) is 4. The van der Waals surface area contributed by atoms with Crippen molar-refractivity contribution < 1.29 is 14.7 Å². The van der Waals surface area contributed by atoms with Crippen LogP contribution in [0.5, 0.6) is 0 Å². The van der Waals surface area contributed by atoms with Gasteiger partial charge < -0.3 is 15.3 Å². The zero-order valence-electron chi connectivity index (χ0n) is 9.95. The van der Waals surface area contributed by atoms with Crippen molar-refractivity contribution >= 4 is 12.3 Å². The van der Waals surface area contributed by atoms with Crippen LogP contribution in [0.1, 0.15) is 12.0 Å². The second kappa shape index (κ2) is 7.89. The summed E-state index contributed by atoms with van der Waals surface area (Å²) in [6.07, 6.45) is 1.94. The van der Waals surface area contributed by atoms with E-state index in [9.17, 15) is 4.79 Å². The molecular weight excluding hydrogens is 232 g/mol. The molecule has 18 heavy (non-hydrogen) atoms. The molecule has 0 fully saturated rings. The number of benzene rings is 1. The van der Waals surface area contributed by atoms with E-state index in [1.807, 2.05) is 30.3 Å². The lowest BCUT2D eigenvalue weighted by Gasteiger charge is -2.12. The predicted octanol–water partition coefficient (Wildman–Crippen LogP) is 2.32. The first-order valence-corrected chi connectivity index (χ1v) is 5.53. The molecule has 0 aliphatic carbocycles. The number of nitrogens with one attached hydrogen (secondary N) is 1. The monoisotopic (exact) mass is 248 g/mol. The summed E-state index contributed by atoms with van der Waals surface area (Å²) in [5, 5.41) is 13.9. The molecule has 1 amide bonds. The van der Waals surface area contributed by atoms with Crippen molar-refractivity contribution in [1.29, 1.82) is 0 Å². The minimum atomic E-state index is -0.608. The Balaban J connectivity index is 2.38. The van der Waals surface area contributed by atoms with Crippen LogP contribution in [0.25, 0.3) is 0 Å². The molecule has 1 aromatic carbocycles. The van der Waals surface area contributed by atoms with Crippen LogP contribution in [0.2, 0.25) is 0 Å². The van der Waals surface area contributed by atoms with Crippen molar-refractivity contribution in [2.45, 2.75) is 19.1 Å². The summed E-state index contributed by atoms with van der Waals surface area (Å²) in [4.78, 5) is 11.5. The van der Waals surface area contributed by atoms with Crippen LogP contribution in [0.15, 0.2) is 48.1 Å². The van der Waals surface area contributed by atoms with Crippen molar-refractivity contribution in [3.63, 3.8) is 0 Å². The standard InChI is InChI=1S/C13H16N2O3/c1-2-6-12(10-15-17)18-13(16)14-9-11-7-4-3-5-8-11/h2-5,7-8,10,12,17H,1,6,9H2,(H,14,16)/b15-10+. The molecule has 0 spiro atoms. The lowest BCUT2D eigenvalue weighted by molar-refractivity contribution is 0.128. The van der Waals surface area contributed by atoms with E-state index < -0.39 is 12.2 Å². The zero-order chi connectivity index (χ0) is 13.2. The number of amides is 1. The number of hydrogen-bond donors (Lipinski definition) is 2. The molecule has 5 heteroatoms.